The summed E-state index contributed by atoms with van der Waals surface area (Å²) in [5.74, 6) is 1.24. The summed E-state index contributed by atoms with van der Waals surface area (Å²) >= 11 is 1.50. The Morgan fingerprint density at radius 1 is 1.83 bits per heavy atom. The van der Waals surface area contributed by atoms with Gasteiger partial charge in [-0.1, -0.05) is 12.2 Å². The van der Waals surface area contributed by atoms with Crippen molar-refractivity contribution in [3.63, 3.8) is 0 Å². The van der Waals surface area contributed by atoms with Gasteiger partial charge in [-0.25, -0.2) is 0 Å². The average molecular weight is 100 g/mol. The number of hydrogen-bond donors (Lipinski definition) is 1. The molecule has 0 N–H and O–H groups in total. The molecule has 0 aromatic carbocycles. The lowest BCUT2D eigenvalue weighted by Gasteiger charge is -1.73. The van der Waals surface area contributed by atoms with Crippen LogP contribution in [0.3, 0.4) is 0 Å². The van der Waals surface area contributed by atoms with Crippen LogP contribution in [0.5, 0.6) is 0 Å². The van der Waals surface area contributed by atoms with E-state index < -0.39 is 0 Å². The topological polar surface area (TPSA) is 0 Å². The first kappa shape index (κ1) is 4.13. The van der Waals surface area contributed by atoms with Gasteiger partial charge >= 0.3 is 0 Å². The number of hydrogen-bond acceptors (Lipinski definition) is 0. The van der Waals surface area contributed by atoms with Gasteiger partial charge < -0.3 is 0 Å². The predicted octanol–water partition coefficient (Wildman–Crippen LogP) is 1.21. The Morgan fingerprint density at radius 2 is 2.67 bits per heavy atom. The smallest absolute Gasteiger partial charge is 0.00409 e. The molecule has 6 heavy (non-hydrogen) atoms. The molecule has 0 aromatic heterocycles. The molecular formula is C5H8S. The van der Waals surface area contributed by atoms with Crippen molar-refractivity contribution < 1.29 is 0 Å². The molecule has 0 atom stereocenters. The second-order valence-electron chi connectivity index (χ2n) is 1.38. The molecule has 0 fully saturated rings. The van der Waals surface area contributed by atoms with E-state index in [2.05, 4.69) is 19.1 Å². The van der Waals surface area contributed by atoms with Crippen molar-refractivity contribution >= 4 is 16.2 Å². The standard InChI is InChI=1S/C5H8S/c1-5-3-2-4-6-5/h2-3,6H,4H2,1H3. The Bertz CT molecular complexity index is 97.8. The highest BCUT2D eigenvalue weighted by Gasteiger charge is 1.83. The zero-order chi connectivity index (χ0) is 4.41. The first-order valence-corrected chi connectivity index (χ1v) is 3.15. The summed E-state index contributed by atoms with van der Waals surface area (Å²) in [6.45, 7) is 2.16. The molecular weight excluding hydrogens is 92.1 g/mol. The van der Waals surface area contributed by atoms with Crippen LogP contribution in [-0.4, -0.2) is 10.6 Å². The molecule has 0 bridgehead atoms. The molecule has 0 unspecified atom stereocenters. The summed E-state index contributed by atoms with van der Waals surface area (Å²) < 4.78 is 0. The molecule has 0 aromatic rings. The maximum absolute atomic E-state index is 2.21. The number of thiol groups is 1. The summed E-state index contributed by atoms with van der Waals surface area (Å²) in [5.41, 5.74) is 0. The lowest BCUT2D eigenvalue weighted by Crippen LogP contribution is -1.68. The zero-order valence-electron chi connectivity index (χ0n) is 3.81. The molecule has 1 aliphatic heterocycles. The van der Waals surface area contributed by atoms with Crippen molar-refractivity contribution in [3.8, 4) is 0 Å². The van der Waals surface area contributed by atoms with Gasteiger partial charge in [-0.05, 0) is 11.8 Å². The highest BCUT2D eigenvalue weighted by Crippen LogP contribution is 2.00. The number of allylic oxidation sites excluding steroid dienone is 1. The molecule has 34 valence electrons. The molecule has 0 aliphatic carbocycles. The van der Waals surface area contributed by atoms with Crippen molar-refractivity contribution in [2.24, 2.45) is 0 Å². The van der Waals surface area contributed by atoms with Crippen LogP contribution in [0.2, 0.25) is 0 Å². The van der Waals surface area contributed by atoms with Crippen LogP contribution >= 0.6 is 11.4 Å². The summed E-state index contributed by atoms with van der Waals surface area (Å²) in [6.07, 6.45) is 4.39. The van der Waals surface area contributed by atoms with Crippen LogP contribution in [0.15, 0.2) is 12.2 Å². The van der Waals surface area contributed by atoms with Crippen LogP contribution in [0, 0.1) is 0 Å². The third-order valence-corrected chi connectivity index (χ3v) is 1.85. The second-order valence-corrected chi connectivity index (χ2v) is 2.77. The Kier molecular flexibility index (Phi) is 1.10. The van der Waals surface area contributed by atoms with Gasteiger partial charge in [-0.2, -0.15) is 11.4 Å². The Labute approximate surface area is 41.8 Å². The molecule has 1 heteroatoms. The van der Waals surface area contributed by atoms with Gasteiger partial charge in [0.05, 0.1) is 0 Å². The molecule has 1 heterocycles. The maximum Gasteiger partial charge on any atom is 0.00409 e. The van der Waals surface area contributed by atoms with Gasteiger partial charge in [-0.15, -0.1) is 0 Å². The third-order valence-electron chi connectivity index (χ3n) is 0.805. The second kappa shape index (κ2) is 1.61. The van der Waals surface area contributed by atoms with Gasteiger partial charge in [0.2, 0.25) is 0 Å². The highest BCUT2D eigenvalue weighted by atomic mass is 32.1. The van der Waals surface area contributed by atoms with Gasteiger partial charge in [0.25, 0.3) is 0 Å². The highest BCUT2D eigenvalue weighted by molar-refractivity contribution is 7.99. The van der Waals surface area contributed by atoms with E-state index in [9.17, 15) is 0 Å². The van der Waals surface area contributed by atoms with Crippen molar-refractivity contribution in [1.29, 1.82) is 0 Å². The van der Waals surface area contributed by atoms with Gasteiger partial charge in [0.1, 0.15) is 0 Å². The van der Waals surface area contributed by atoms with Gasteiger partial charge in [-0.3, -0.25) is 0 Å². The lowest BCUT2D eigenvalue weighted by atomic mass is 10.4. The van der Waals surface area contributed by atoms with Crippen molar-refractivity contribution in [2.45, 2.75) is 6.92 Å². The number of rotatable bonds is 0. The molecule has 0 saturated carbocycles. The summed E-state index contributed by atoms with van der Waals surface area (Å²) in [4.78, 5) is 1.50. The summed E-state index contributed by atoms with van der Waals surface area (Å²) in [7, 11) is 0. The first-order valence-electron chi connectivity index (χ1n) is 2.07. The van der Waals surface area contributed by atoms with Gasteiger partial charge in [0, 0.05) is 5.75 Å². The molecule has 0 saturated heterocycles. The summed E-state index contributed by atoms with van der Waals surface area (Å²) in [5, 5.41) is 0. The Hall–Kier alpha value is -0.0400. The average Bonchev–Trinajstić information content (AvgIpc) is 1.86. The molecule has 1 aliphatic rings. The lowest BCUT2D eigenvalue weighted by molar-refractivity contribution is 1.83. The van der Waals surface area contributed by atoms with Crippen LogP contribution in [0.25, 0.3) is 0 Å². The van der Waals surface area contributed by atoms with Crippen LogP contribution < -0.4 is 0 Å². The molecule has 0 amide bonds. The minimum absolute atomic E-state index is 1.24. The molecule has 0 spiro atoms. The third kappa shape index (κ3) is 0.716. The molecule has 1 rings (SSSR count). The van der Waals surface area contributed by atoms with E-state index in [1.807, 2.05) is 0 Å². The van der Waals surface area contributed by atoms with E-state index in [0.717, 1.165) is 0 Å². The van der Waals surface area contributed by atoms with Crippen LogP contribution in [0.1, 0.15) is 6.92 Å². The van der Waals surface area contributed by atoms with E-state index in [1.165, 1.54) is 22.0 Å². The van der Waals surface area contributed by atoms with Crippen molar-refractivity contribution in [2.75, 3.05) is 5.75 Å². The minimum atomic E-state index is 1.24. The van der Waals surface area contributed by atoms with E-state index in [0.29, 0.717) is 0 Å². The Balaban J connectivity index is 2.68. The SMILES string of the molecule is CC1=[SH]CC=C1. The van der Waals surface area contributed by atoms with E-state index >= 15 is 0 Å². The predicted molar refractivity (Wildman–Crippen MR) is 33.7 cm³/mol. The summed E-state index contributed by atoms with van der Waals surface area (Å²) in [6, 6.07) is 0. The minimum Gasteiger partial charge on any atom is -0.194 e. The fourth-order valence-electron chi connectivity index (χ4n) is 0.473. The Morgan fingerprint density at radius 3 is 2.83 bits per heavy atom. The van der Waals surface area contributed by atoms with Crippen molar-refractivity contribution in [1.82, 2.24) is 0 Å². The zero-order valence-corrected chi connectivity index (χ0v) is 4.70. The maximum atomic E-state index is 2.21. The monoisotopic (exact) mass is 100 g/mol. The van der Waals surface area contributed by atoms with E-state index in [4.69, 9.17) is 0 Å². The molecule has 0 nitrogen and oxygen atoms in total. The van der Waals surface area contributed by atoms with Crippen molar-refractivity contribution in [3.05, 3.63) is 12.2 Å². The first-order chi connectivity index (χ1) is 2.89. The fraction of sp³-hybridized carbons (Fsp3) is 0.400. The quantitative estimate of drug-likeness (QED) is 0.343. The molecule has 0 radical (unpaired) electrons. The fourth-order valence-corrected chi connectivity index (χ4v) is 1.18. The van der Waals surface area contributed by atoms with Crippen LogP contribution in [-0.2, 0) is 0 Å². The normalized spacial score (nSPS) is 19.8. The van der Waals surface area contributed by atoms with Gasteiger partial charge in [0.15, 0.2) is 0 Å². The van der Waals surface area contributed by atoms with Crippen LogP contribution in [0.4, 0.5) is 0 Å². The van der Waals surface area contributed by atoms with E-state index in [1.54, 1.807) is 0 Å². The van der Waals surface area contributed by atoms with E-state index in [-0.39, 0.29) is 0 Å². The largest absolute Gasteiger partial charge is 0.194 e.